The molecule has 0 N–H and O–H groups in total. The van der Waals surface area contributed by atoms with Crippen molar-refractivity contribution in [1.82, 2.24) is 0 Å². The quantitative estimate of drug-likeness (QED) is 0.560. The molecule has 0 spiro atoms. The van der Waals surface area contributed by atoms with Crippen LogP contribution in [0.1, 0.15) is 6.92 Å². The van der Waals surface area contributed by atoms with Gasteiger partial charge in [0.25, 0.3) is 0 Å². The zero-order valence-electron chi connectivity index (χ0n) is 5.56. The van der Waals surface area contributed by atoms with Gasteiger partial charge < -0.3 is 9.90 Å². The summed E-state index contributed by atoms with van der Waals surface area (Å²) in [4.78, 5) is 8.89. The van der Waals surface area contributed by atoms with Crippen molar-refractivity contribution in [2.24, 2.45) is 0 Å². The number of carbonyl (C=O) groups excluding carboxylic acids is 1. The topological polar surface area (TPSA) is 40.1 Å². The molecular formula is C5H8Cl2O2Sn. The first-order valence-corrected chi connectivity index (χ1v) is 11.7. The number of aliphatic carboxylic acids is 1. The third-order valence-electron chi connectivity index (χ3n) is 0.299. The first-order chi connectivity index (χ1) is 4.50. The summed E-state index contributed by atoms with van der Waals surface area (Å²) in [5.41, 5.74) is 0. The van der Waals surface area contributed by atoms with Crippen molar-refractivity contribution in [1.29, 1.82) is 0 Å². The van der Waals surface area contributed by atoms with Gasteiger partial charge in [-0.1, -0.05) is 0 Å². The second-order valence-electron chi connectivity index (χ2n) is 1.32. The van der Waals surface area contributed by atoms with Gasteiger partial charge in [-0.05, 0) is 6.92 Å². The van der Waals surface area contributed by atoms with E-state index < -0.39 is 23.5 Å². The van der Waals surface area contributed by atoms with E-state index in [1.54, 1.807) is 6.08 Å². The molecule has 0 aromatic rings. The molecule has 0 amide bonds. The number of hydrogen-bond donors (Lipinski definition) is 0. The van der Waals surface area contributed by atoms with E-state index in [-0.39, 0.29) is 0 Å². The van der Waals surface area contributed by atoms with Crippen LogP contribution >= 0.6 is 17.8 Å². The second kappa shape index (κ2) is 9.59. The van der Waals surface area contributed by atoms with Crippen molar-refractivity contribution in [3.63, 3.8) is 0 Å². The van der Waals surface area contributed by atoms with E-state index >= 15 is 0 Å². The average molecular weight is 290 g/mol. The molecule has 58 valence electrons. The minimum absolute atomic E-state index is 0.866. The molecule has 0 atom stereocenters. The van der Waals surface area contributed by atoms with Crippen LogP contribution in [0.25, 0.3) is 0 Å². The minimum atomic E-state index is -1.79. The molecule has 0 fully saturated rings. The van der Waals surface area contributed by atoms with Crippen LogP contribution in [0.3, 0.4) is 0 Å². The van der Waals surface area contributed by atoms with Gasteiger partial charge in [0.15, 0.2) is 0 Å². The monoisotopic (exact) mass is 290 g/mol. The Morgan fingerprint density at radius 3 is 2.10 bits per heavy atom. The van der Waals surface area contributed by atoms with Crippen molar-refractivity contribution in [2.45, 2.75) is 11.4 Å². The molecule has 0 rings (SSSR count). The molecule has 0 aromatic heterocycles. The molecule has 0 radical (unpaired) electrons. The number of carbonyl (C=O) groups is 1. The summed E-state index contributed by atoms with van der Waals surface area (Å²) < 4.78 is 0.866. The van der Waals surface area contributed by atoms with Crippen LogP contribution in [0.2, 0.25) is 4.44 Å². The zero-order chi connectivity index (χ0) is 8.57. The Hall–Kier alpha value is 0.589. The molecular weight excluding hydrogens is 282 g/mol. The second-order valence-corrected chi connectivity index (χ2v) is 11.8. The number of allylic oxidation sites excluding steroid dienone is 1. The Kier molecular flexibility index (Phi) is 12.7. The minimum Gasteiger partial charge on any atom is -0.550 e. The molecule has 10 heavy (non-hydrogen) atoms. The SMILES string of the molecule is C=C[CH2][Sn+]([Cl])[Cl].CC(=O)[O-]. The molecule has 0 bridgehead atoms. The molecule has 0 aromatic carbocycles. The molecule has 0 saturated carbocycles. The Bertz CT molecular complexity index is 102. The number of hydrogen-bond acceptors (Lipinski definition) is 2. The number of carboxylic acids is 1. The Morgan fingerprint density at radius 1 is 1.80 bits per heavy atom. The Labute approximate surface area is 75.0 Å². The molecule has 0 unspecified atom stereocenters. The van der Waals surface area contributed by atoms with Crippen LogP contribution in [-0.4, -0.2) is 23.5 Å². The molecule has 0 aliphatic heterocycles. The Morgan fingerprint density at radius 2 is 2.10 bits per heavy atom. The van der Waals surface area contributed by atoms with Crippen molar-refractivity contribution in [3.05, 3.63) is 12.7 Å². The van der Waals surface area contributed by atoms with Gasteiger partial charge in [0.2, 0.25) is 0 Å². The van der Waals surface area contributed by atoms with Crippen LogP contribution in [0.5, 0.6) is 0 Å². The summed E-state index contributed by atoms with van der Waals surface area (Å²) in [7, 11) is 10.9. The number of carboxylic acid groups (broad SMARTS) is 1. The number of rotatable bonds is 2. The summed E-state index contributed by atoms with van der Waals surface area (Å²) in [6.45, 7) is 4.45. The van der Waals surface area contributed by atoms with Crippen LogP contribution in [0.15, 0.2) is 12.7 Å². The third kappa shape index (κ3) is 38.4. The fraction of sp³-hybridized carbons (Fsp3) is 0.400. The average Bonchev–Trinajstić information content (AvgIpc) is 1.62. The molecule has 0 aliphatic rings. The van der Waals surface area contributed by atoms with E-state index in [9.17, 15) is 0 Å². The van der Waals surface area contributed by atoms with Crippen LogP contribution in [0.4, 0.5) is 0 Å². The molecule has 0 saturated heterocycles. The predicted molar refractivity (Wildman–Crippen MR) is 43.1 cm³/mol. The standard InChI is InChI=1S/C3H5.C2H4O2.2ClH.Sn/c1-3-2;1-2(3)4;;;/h3H,1-2H2;1H3,(H,3,4);2*1H;/q;;;;+3/p-3. The van der Waals surface area contributed by atoms with Crippen molar-refractivity contribution in [3.8, 4) is 0 Å². The Balaban J connectivity index is 0. The smallest absolute Gasteiger partial charge is 0.0383 e. The fourth-order valence-corrected chi connectivity index (χ4v) is 2.20. The zero-order valence-corrected chi connectivity index (χ0v) is 9.93. The van der Waals surface area contributed by atoms with Gasteiger partial charge in [-0.25, -0.2) is 0 Å². The maximum atomic E-state index is 8.89. The summed E-state index contributed by atoms with van der Waals surface area (Å²) >= 11 is -1.79. The van der Waals surface area contributed by atoms with Gasteiger partial charge in [0, 0.05) is 5.97 Å². The van der Waals surface area contributed by atoms with Crippen molar-refractivity contribution >= 4 is 41.3 Å². The fourth-order valence-electron chi connectivity index (χ4n) is 0.109. The molecule has 5 heteroatoms. The number of halogens is 2. The van der Waals surface area contributed by atoms with Crippen LogP contribution < -0.4 is 5.11 Å². The molecule has 2 nitrogen and oxygen atoms in total. The summed E-state index contributed by atoms with van der Waals surface area (Å²) in [5.74, 6) is -1.08. The predicted octanol–water partition coefficient (Wildman–Crippen LogP) is 0.894. The summed E-state index contributed by atoms with van der Waals surface area (Å²) in [6.07, 6.45) is 1.77. The van der Waals surface area contributed by atoms with Gasteiger partial charge in [0.1, 0.15) is 0 Å². The third-order valence-corrected chi connectivity index (χ3v) is 4.07. The van der Waals surface area contributed by atoms with Gasteiger partial charge >= 0.3 is 52.4 Å². The van der Waals surface area contributed by atoms with Crippen LogP contribution in [-0.2, 0) is 4.79 Å². The largest absolute Gasteiger partial charge is 0.550 e. The van der Waals surface area contributed by atoms with Gasteiger partial charge in [-0.15, -0.1) is 0 Å². The first-order valence-electron chi connectivity index (χ1n) is 2.46. The molecule has 0 heterocycles. The summed E-state index contributed by atoms with van der Waals surface area (Å²) in [5, 5.41) is 8.89. The van der Waals surface area contributed by atoms with Crippen molar-refractivity contribution < 1.29 is 9.90 Å². The van der Waals surface area contributed by atoms with E-state index in [0.29, 0.717) is 0 Å². The maximum absolute atomic E-state index is 8.89. The molecule has 0 aliphatic carbocycles. The van der Waals surface area contributed by atoms with E-state index in [4.69, 9.17) is 27.7 Å². The van der Waals surface area contributed by atoms with E-state index in [0.717, 1.165) is 11.4 Å². The van der Waals surface area contributed by atoms with Crippen LogP contribution in [0, 0.1) is 0 Å². The van der Waals surface area contributed by atoms with Gasteiger partial charge in [-0.3, -0.25) is 0 Å². The normalized spacial score (nSPS) is 7.10. The maximum Gasteiger partial charge on any atom is 0.0383 e. The first kappa shape index (κ1) is 13.2. The van der Waals surface area contributed by atoms with E-state index in [2.05, 4.69) is 6.58 Å². The van der Waals surface area contributed by atoms with Crippen molar-refractivity contribution in [2.75, 3.05) is 0 Å². The van der Waals surface area contributed by atoms with Gasteiger partial charge in [0.05, 0.1) is 0 Å². The van der Waals surface area contributed by atoms with E-state index in [1.807, 2.05) is 0 Å². The van der Waals surface area contributed by atoms with E-state index in [1.165, 1.54) is 0 Å². The summed E-state index contributed by atoms with van der Waals surface area (Å²) in [6, 6.07) is 0. The van der Waals surface area contributed by atoms with Gasteiger partial charge in [-0.2, -0.15) is 0 Å².